The minimum Gasteiger partial charge on any atom is -0.489 e. The van der Waals surface area contributed by atoms with Crippen molar-refractivity contribution in [3.63, 3.8) is 0 Å². The largest absolute Gasteiger partial charge is 0.489 e. The summed E-state index contributed by atoms with van der Waals surface area (Å²) in [6.07, 6.45) is 5.00. The first-order valence-corrected chi connectivity index (χ1v) is 12.5. The number of aromatic nitrogens is 2. The second-order valence-electron chi connectivity index (χ2n) is 8.14. The Labute approximate surface area is 213 Å². The highest BCUT2D eigenvalue weighted by molar-refractivity contribution is 8.18. The molecule has 0 saturated carbocycles. The third kappa shape index (κ3) is 6.01. The van der Waals surface area contributed by atoms with Gasteiger partial charge in [-0.3, -0.25) is 9.69 Å². The number of hydrogen-bond donors (Lipinski definition) is 0. The zero-order valence-electron chi connectivity index (χ0n) is 20.2. The molecular formula is C26H27N5O4S. The molecule has 1 saturated heterocycles. The Bertz CT molecular complexity index is 1290. The number of amides is 1. The number of unbranched alkanes of at least 4 members (excludes halogenated alkanes) is 1. The van der Waals surface area contributed by atoms with Gasteiger partial charge in [-0.05, 0) is 59.0 Å². The maximum Gasteiger partial charge on any atom is 0.342 e. The standard InChI is InChI=1S/C26H27N5O4S/c1-3-4-14-30-25(32)23(36-26(30)28-21-8-6-5-7-9-21)17-20-10-12-22(13-11-20)35-16-15-29-19(2)27-18-24(29)31(33)34/h5-13,17-18H,3-4,14-16H2,1-2H3/b23-17-,28-26?. The summed E-state index contributed by atoms with van der Waals surface area (Å²) < 4.78 is 7.28. The molecule has 36 heavy (non-hydrogen) atoms. The molecule has 0 atom stereocenters. The van der Waals surface area contributed by atoms with E-state index in [1.807, 2.05) is 60.7 Å². The van der Waals surface area contributed by atoms with Crippen LogP contribution in [0.5, 0.6) is 5.75 Å². The van der Waals surface area contributed by atoms with Crippen molar-refractivity contribution in [2.75, 3.05) is 13.2 Å². The van der Waals surface area contributed by atoms with Gasteiger partial charge in [-0.1, -0.05) is 43.7 Å². The van der Waals surface area contributed by atoms with Gasteiger partial charge < -0.3 is 14.9 Å². The first-order chi connectivity index (χ1) is 17.5. The average Bonchev–Trinajstić information content (AvgIpc) is 3.38. The number of para-hydroxylation sites is 1. The van der Waals surface area contributed by atoms with Gasteiger partial charge in [0.15, 0.2) is 11.0 Å². The number of aryl methyl sites for hydroxylation is 1. The van der Waals surface area contributed by atoms with E-state index in [0.29, 0.717) is 34.7 Å². The number of amidine groups is 1. The lowest BCUT2D eigenvalue weighted by Gasteiger charge is -2.14. The van der Waals surface area contributed by atoms with Gasteiger partial charge in [0.2, 0.25) is 0 Å². The van der Waals surface area contributed by atoms with Gasteiger partial charge in [-0.15, -0.1) is 0 Å². The number of nitrogens with zero attached hydrogens (tertiary/aromatic N) is 5. The van der Waals surface area contributed by atoms with Crippen LogP contribution in [-0.4, -0.2) is 43.6 Å². The molecule has 3 aromatic rings. The van der Waals surface area contributed by atoms with Crippen molar-refractivity contribution in [2.24, 2.45) is 4.99 Å². The zero-order valence-corrected chi connectivity index (χ0v) is 21.0. The predicted molar refractivity (Wildman–Crippen MR) is 141 cm³/mol. The van der Waals surface area contributed by atoms with Crippen molar-refractivity contribution >= 4 is 40.4 Å². The highest BCUT2D eigenvalue weighted by Crippen LogP contribution is 2.34. The third-order valence-electron chi connectivity index (χ3n) is 5.59. The molecule has 4 rings (SSSR count). The lowest BCUT2D eigenvalue weighted by atomic mass is 10.2. The van der Waals surface area contributed by atoms with Gasteiger partial charge in [0.1, 0.15) is 25.1 Å². The minimum atomic E-state index is -0.454. The third-order valence-corrected chi connectivity index (χ3v) is 6.59. The Hall–Kier alpha value is -3.92. The monoisotopic (exact) mass is 505 g/mol. The average molecular weight is 506 g/mol. The van der Waals surface area contributed by atoms with Crippen LogP contribution >= 0.6 is 11.8 Å². The number of rotatable bonds is 10. The van der Waals surface area contributed by atoms with Crippen LogP contribution in [0.25, 0.3) is 6.08 Å². The summed E-state index contributed by atoms with van der Waals surface area (Å²) in [6, 6.07) is 17.0. The van der Waals surface area contributed by atoms with Crippen LogP contribution in [-0.2, 0) is 11.3 Å². The smallest absolute Gasteiger partial charge is 0.342 e. The van der Waals surface area contributed by atoms with Crippen molar-refractivity contribution < 1.29 is 14.5 Å². The fourth-order valence-electron chi connectivity index (χ4n) is 3.66. The number of benzene rings is 2. The van der Waals surface area contributed by atoms with E-state index in [-0.39, 0.29) is 18.3 Å². The molecule has 0 bridgehead atoms. The van der Waals surface area contributed by atoms with Gasteiger partial charge >= 0.3 is 5.82 Å². The molecule has 2 heterocycles. The molecule has 0 radical (unpaired) electrons. The molecule has 2 aromatic carbocycles. The van der Waals surface area contributed by atoms with Crippen LogP contribution < -0.4 is 4.74 Å². The molecular weight excluding hydrogens is 478 g/mol. The van der Waals surface area contributed by atoms with E-state index in [0.717, 1.165) is 24.1 Å². The Balaban J connectivity index is 1.43. The number of thioether (sulfide) groups is 1. The van der Waals surface area contributed by atoms with Crippen LogP contribution in [0.3, 0.4) is 0 Å². The Morgan fingerprint density at radius 3 is 2.58 bits per heavy atom. The first-order valence-electron chi connectivity index (χ1n) is 11.7. The number of carbonyl (C=O) groups is 1. The van der Waals surface area contributed by atoms with Crippen LogP contribution in [0, 0.1) is 17.0 Å². The number of hydrogen-bond acceptors (Lipinski definition) is 7. The number of carbonyl (C=O) groups excluding carboxylic acids is 1. The quantitative estimate of drug-likeness (QED) is 0.202. The van der Waals surface area contributed by atoms with Gasteiger partial charge in [-0.2, -0.15) is 0 Å². The molecule has 0 aliphatic carbocycles. The number of imidazole rings is 1. The molecule has 10 heteroatoms. The minimum absolute atomic E-state index is 0.0410. The summed E-state index contributed by atoms with van der Waals surface area (Å²) >= 11 is 1.38. The van der Waals surface area contributed by atoms with Crippen molar-refractivity contribution in [1.29, 1.82) is 0 Å². The highest BCUT2D eigenvalue weighted by Gasteiger charge is 2.32. The van der Waals surface area contributed by atoms with E-state index >= 15 is 0 Å². The van der Waals surface area contributed by atoms with E-state index in [2.05, 4.69) is 11.9 Å². The Morgan fingerprint density at radius 1 is 1.14 bits per heavy atom. The molecule has 1 aromatic heterocycles. The van der Waals surface area contributed by atoms with Crippen molar-refractivity contribution in [2.45, 2.75) is 33.2 Å². The predicted octanol–water partition coefficient (Wildman–Crippen LogP) is 5.58. The summed E-state index contributed by atoms with van der Waals surface area (Å²) in [5.41, 5.74) is 1.68. The Kier molecular flexibility index (Phi) is 8.17. The fourth-order valence-corrected chi connectivity index (χ4v) is 4.69. The van der Waals surface area contributed by atoms with Gasteiger partial charge in [0, 0.05) is 13.5 Å². The molecule has 0 unspecified atom stereocenters. The topological polar surface area (TPSA) is 103 Å². The molecule has 1 aliphatic heterocycles. The van der Waals surface area contributed by atoms with Crippen molar-refractivity contribution in [3.8, 4) is 5.75 Å². The summed E-state index contributed by atoms with van der Waals surface area (Å²) in [4.78, 5) is 34.9. The van der Waals surface area contributed by atoms with Crippen LogP contribution in [0.2, 0.25) is 0 Å². The van der Waals surface area contributed by atoms with E-state index in [4.69, 9.17) is 9.73 Å². The fraction of sp³-hybridized carbons (Fsp3) is 0.269. The SMILES string of the molecule is CCCCN1C(=O)/C(=C/c2ccc(OCCn3c([N+](=O)[O-])cnc3C)cc2)SC1=Nc1ccccc1. The lowest BCUT2D eigenvalue weighted by Crippen LogP contribution is -2.30. The first kappa shape index (κ1) is 25.2. The normalized spacial score (nSPS) is 15.7. The summed E-state index contributed by atoms with van der Waals surface area (Å²) in [7, 11) is 0. The number of ether oxygens (including phenoxy) is 1. The molecule has 9 nitrogen and oxygen atoms in total. The summed E-state index contributed by atoms with van der Waals surface area (Å²) in [5.74, 6) is 1.11. The van der Waals surface area contributed by atoms with Gasteiger partial charge in [0.05, 0.1) is 10.6 Å². The van der Waals surface area contributed by atoms with Crippen molar-refractivity contribution in [1.82, 2.24) is 14.5 Å². The van der Waals surface area contributed by atoms with Crippen LogP contribution in [0.15, 0.2) is 70.7 Å². The second kappa shape index (κ2) is 11.7. The molecule has 0 spiro atoms. The highest BCUT2D eigenvalue weighted by atomic mass is 32.2. The van der Waals surface area contributed by atoms with E-state index in [9.17, 15) is 14.9 Å². The van der Waals surface area contributed by atoms with Crippen molar-refractivity contribution in [3.05, 3.63) is 87.2 Å². The summed E-state index contributed by atoms with van der Waals surface area (Å²) in [5, 5.41) is 11.8. The molecule has 1 amide bonds. The maximum atomic E-state index is 13.1. The molecule has 1 aliphatic rings. The number of nitro groups is 1. The molecule has 1 fully saturated rings. The zero-order chi connectivity index (χ0) is 25.5. The van der Waals surface area contributed by atoms with Gasteiger partial charge in [0.25, 0.3) is 5.91 Å². The second-order valence-corrected chi connectivity index (χ2v) is 9.15. The van der Waals surface area contributed by atoms with E-state index in [1.165, 1.54) is 22.5 Å². The maximum absolute atomic E-state index is 13.1. The lowest BCUT2D eigenvalue weighted by molar-refractivity contribution is -0.392. The Morgan fingerprint density at radius 2 is 1.89 bits per heavy atom. The number of aliphatic imine (C=N–C) groups is 1. The molecule has 186 valence electrons. The van der Waals surface area contributed by atoms with Crippen LogP contribution in [0.4, 0.5) is 11.5 Å². The van der Waals surface area contributed by atoms with Gasteiger partial charge in [-0.25, -0.2) is 14.5 Å². The molecule has 0 N–H and O–H groups in total. The van der Waals surface area contributed by atoms with E-state index in [1.54, 1.807) is 11.8 Å². The van der Waals surface area contributed by atoms with Crippen LogP contribution in [0.1, 0.15) is 31.2 Å². The van der Waals surface area contributed by atoms with E-state index < -0.39 is 4.92 Å². The summed E-state index contributed by atoms with van der Waals surface area (Å²) in [6.45, 7) is 5.03.